The molecule has 0 amide bonds. The van der Waals surface area contributed by atoms with Crippen LogP contribution in [0, 0.1) is 13.8 Å². The normalized spacial score (nSPS) is 16.9. The van der Waals surface area contributed by atoms with Crippen molar-refractivity contribution in [3.63, 3.8) is 0 Å². The third-order valence-electron chi connectivity index (χ3n) is 3.37. The van der Waals surface area contributed by atoms with Gasteiger partial charge in [-0.1, -0.05) is 12.1 Å². The molecule has 5 N–H and O–H groups in total. The Hall–Kier alpha value is -1.98. The summed E-state index contributed by atoms with van der Waals surface area (Å²) < 4.78 is 5.69. The van der Waals surface area contributed by atoms with E-state index < -0.39 is 0 Å². The minimum atomic E-state index is 0. The Morgan fingerprint density at radius 2 is 2.10 bits per heavy atom. The van der Waals surface area contributed by atoms with E-state index in [4.69, 9.17) is 10.5 Å². The fourth-order valence-corrected chi connectivity index (χ4v) is 2.51. The average molecular weight is 272 g/mol. The highest BCUT2D eigenvalue weighted by Gasteiger charge is 2.21. The molecular weight excluding hydrogens is 252 g/mol. The molecule has 1 aliphatic rings. The zero-order valence-corrected chi connectivity index (χ0v) is 11.9. The predicted octanol–water partition coefficient (Wildman–Crippen LogP) is 2.18. The van der Waals surface area contributed by atoms with Gasteiger partial charge in [0, 0.05) is 23.4 Å². The zero-order valence-electron chi connectivity index (χ0n) is 11.9. The molecule has 2 aromatic rings. The Bertz CT molecular complexity index is 627. The third-order valence-corrected chi connectivity index (χ3v) is 3.37. The first-order valence-electron chi connectivity index (χ1n) is 6.46. The molecule has 3 rings (SSSR count). The molecule has 2 heterocycles. The van der Waals surface area contributed by atoms with Gasteiger partial charge < -0.3 is 16.6 Å². The molecule has 106 valence electrons. The molecule has 0 unspecified atom stereocenters. The lowest BCUT2D eigenvalue weighted by Crippen LogP contribution is -2.34. The van der Waals surface area contributed by atoms with Crippen LogP contribution in [0.2, 0.25) is 0 Å². The fraction of sp³-hybridized carbons (Fsp3) is 0.333. The van der Waals surface area contributed by atoms with Gasteiger partial charge in [-0.3, -0.25) is 9.97 Å². The molecule has 0 fully saturated rings. The van der Waals surface area contributed by atoms with Crippen LogP contribution in [0.5, 0.6) is 5.75 Å². The smallest absolute Gasteiger partial charge is 0.123 e. The van der Waals surface area contributed by atoms with Crippen LogP contribution >= 0.6 is 0 Å². The molecule has 0 saturated heterocycles. The molecule has 20 heavy (non-hydrogen) atoms. The van der Waals surface area contributed by atoms with Crippen LogP contribution in [-0.2, 0) is 6.42 Å². The van der Waals surface area contributed by atoms with Crippen LogP contribution < -0.4 is 16.6 Å². The monoisotopic (exact) mass is 272 g/mol. The van der Waals surface area contributed by atoms with Crippen LogP contribution in [0.3, 0.4) is 0 Å². The summed E-state index contributed by atoms with van der Waals surface area (Å²) >= 11 is 0. The molecule has 5 heteroatoms. The summed E-state index contributed by atoms with van der Waals surface area (Å²) in [6.45, 7) is 4.51. The molecule has 0 spiro atoms. The number of aromatic nitrogens is 2. The van der Waals surface area contributed by atoms with Gasteiger partial charge in [0.15, 0.2) is 0 Å². The second-order valence-corrected chi connectivity index (χ2v) is 5.00. The minimum absolute atomic E-state index is 0. The maximum Gasteiger partial charge on any atom is 0.123 e. The van der Waals surface area contributed by atoms with Crippen molar-refractivity contribution < 1.29 is 4.74 Å². The molecule has 5 nitrogen and oxygen atoms in total. The summed E-state index contributed by atoms with van der Waals surface area (Å²) in [5.74, 6) is 0.918. The van der Waals surface area contributed by atoms with E-state index in [9.17, 15) is 0 Å². The molecule has 0 aliphatic carbocycles. The summed E-state index contributed by atoms with van der Waals surface area (Å²) in [6, 6.07) is 6.09. The van der Waals surface area contributed by atoms with Crippen molar-refractivity contribution in [1.29, 1.82) is 0 Å². The lowest BCUT2D eigenvalue weighted by Gasteiger charge is -2.24. The van der Waals surface area contributed by atoms with Gasteiger partial charge in [-0.2, -0.15) is 0 Å². The third kappa shape index (κ3) is 2.50. The lowest BCUT2D eigenvalue weighted by molar-refractivity contribution is 0.264. The van der Waals surface area contributed by atoms with Gasteiger partial charge >= 0.3 is 0 Å². The first kappa shape index (κ1) is 14.4. The Kier molecular flexibility index (Phi) is 4.01. The van der Waals surface area contributed by atoms with Gasteiger partial charge in [0.2, 0.25) is 0 Å². The summed E-state index contributed by atoms with van der Waals surface area (Å²) in [5, 5.41) is 0. The van der Waals surface area contributed by atoms with E-state index in [1.165, 1.54) is 0 Å². The maximum atomic E-state index is 6.00. The Morgan fingerprint density at radius 1 is 1.30 bits per heavy atom. The molecule has 0 saturated carbocycles. The van der Waals surface area contributed by atoms with Crippen LogP contribution in [0.15, 0.2) is 24.4 Å². The van der Waals surface area contributed by atoms with Crippen molar-refractivity contribution >= 4 is 0 Å². The first-order valence-corrected chi connectivity index (χ1v) is 6.46. The van der Waals surface area contributed by atoms with Gasteiger partial charge in [-0.15, -0.1) is 0 Å². The van der Waals surface area contributed by atoms with Crippen LogP contribution in [0.4, 0.5) is 0 Å². The van der Waals surface area contributed by atoms with Crippen LogP contribution in [0.1, 0.15) is 17.0 Å². The number of nitrogens with two attached hydrogens (primary N) is 1. The van der Waals surface area contributed by atoms with E-state index in [0.29, 0.717) is 6.61 Å². The van der Waals surface area contributed by atoms with Gasteiger partial charge in [0.25, 0.3) is 0 Å². The number of hydrogen-bond acceptors (Lipinski definition) is 5. The highest BCUT2D eigenvalue weighted by molar-refractivity contribution is 5.69. The summed E-state index contributed by atoms with van der Waals surface area (Å²) in [7, 11) is 0. The standard InChI is InChI=1S/C15H17N3O.H3N/c1-9-7-17-15(10(2)18-9)12-4-3-5-14-13(12)6-11(16)8-19-14;/h3-5,7,11H,6,8,16H2,1-2H3;1H3/t11-;/m0./s1. The minimum Gasteiger partial charge on any atom is -0.492 e. The van der Waals surface area contributed by atoms with E-state index >= 15 is 0 Å². The van der Waals surface area contributed by atoms with Crippen molar-refractivity contribution in [2.75, 3.05) is 6.61 Å². The number of benzene rings is 1. The molecular formula is C15H20N4O. The van der Waals surface area contributed by atoms with Crippen molar-refractivity contribution in [1.82, 2.24) is 16.1 Å². The molecule has 1 atom stereocenters. The Balaban J connectivity index is 0.00000147. The summed E-state index contributed by atoms with van der Waals surface area (Å²) in [4.78, 5) is 9.01. The second kappa shape index (κ2) is 5.56. The van der Waals surface area contributed by atoms with Crippen molar-refractivity contribution in [2.24, 2.45) is 5.73 Å². The maximum absolute atomic E-state index is 6.00. The van der Waals surface area contributed by atoms with E-state index in [0.717, 1.165) is 40.4 Å². The Labute approximate surface area is 118 Å². The Morgan fingerprint density at radius 3 is 2.85 bits per heavy atom. The quantitative estimate of drug-likeness (QED) is 0.829. The van der Waals surface area contributed by atoms with Crippen molar-refractivity contribution in [3.05, 3.63) is 41.3 Å². The fourth-order valence-electron chi connectivity index (χ4n) is 2.51. The number of aryl methyl sites for hydroxylation is 2. The van der Waals surface area contributed by atoms with Gasteiger partial charge in [0.1, 0.15) is 12.4 Å². The second-order valence-electron chi connectivity index (χ2n) is 5.00. The van der Waals surface area contributed by atoms with E-state index in [2.05, 4.69) is 16.0 Å². The first-order chi connectivity index (χ1) is 9.15. The number of hydrogen-bond donors (Lipinski definition) is 2. The number of fused-ring (bicyclic) bond motifs is 1. The summed E-state index contributed by atoms with van der Waals surface area (Å²) in [5.41, 5.74) is 11.0. The predicted molar refractivity (Wildman–Crippen MR) is 79.1 cm³/mol. The summed E-state index contributed by atoms with van der Waals surface area (Å²) in [6.07, 6.45) is 2.62. The van der Waals surface area contributed by atoms with Crippen molar-refractivity contribution in [2.45, 2.75) is 26.3 Å². The van der Waals surface area contributed by atoms with Gasteiger partial charge in [-0.05, 0) is 26.3 Å². The lowest BCUT2D eigenvalue weighted by atomic mass is 9.95. The van der Waals surface area contributed by atoms with E-state index in [-0.39, 0.29) is 12.2 Å². The van der Waals surface area contributed by atoms with Gasteiger partial charge in [-0.25, -0.2) is 0 Å². The topological polar surface area (TPSA) is 96.0 Å². The molecule has 1 aromatic carbocycles. The molecule has 1 aromatic heterocycles. The zero-order chi connectivity index (χ0) is 13.4. The molecule has 1 aliphatic heterocycles. The number of ether oxygens (including phenoxy) is 1. The van der Waals surface area contributed by atoms with Crippen molar-refractivity contribution in [3.8, 4) is 17.0 Å². The number of rotatable bonds is 1. The SMILES string of the molecule is Cc1cnc(-c2cccc3c2C[C@H](N)CO3)c(C)n1.N. The highest BCUT2D eigenvalue weighted by Crippen LogP contribution is 2.33. The molecule has 0 radical (unpaired) electrons. The molecule has 0 bridgehead atoms. The van der Waals surface area contributed by atoms with Crippen LogP contribution in [-0.4, -0.2) is 22.6 Å². The number of nitrogens with zero attached hydrogens (tertiary/aromatic N) is 2. The van der Waals surface area contributed by atoms with Gasteiger partial charge in [0.05, 0.1) is 17.1 Å². The van der Waals surface area contributed by atoms with Crippen LogP contribution in [0.25, 0.3) is 11.3 Å². The largest absolute Gasteiger partial charge is 0.492 e. The highest BCUT2D eigenvalue weighted by atomic mass is 16.5. The average Bonchev–Trinajstić information content (AvgIpc) is 2.38. The van der Waals surface area contributed by atoms with E-state index in [1.54, 1.807) is 6.20 Å². The van der Waals surface area contributed by atoms with E-state index in [1.807, 2.05) is 26.0 Å².